The third-order valence-corrected chi connectivity index (χ3v) is 5.20. The van der Waals surface area contributed by atoms with E-state index in [1.807, 2.05) is 12.1 Å². The van der Waals surface area contributed by atoms with Gasteiger partial charge >= 0.3 is 0 Å². The van der Waals surface area contributed by atoms with Crippen molar-refractivity contribution in [3.05, 3.63) is 40.6 Å². The zero-order valence-electron chi connectivity index (χ0n) is 11.9. The fraction of sp³-hybridized carbons (Fsp3) is 0.214. The van der Waals surface area contributed by atoms with Crippen LogP contribution in [0.1, 0.15) is 9.67 Å². The van der Waals surface area contributed by atoms with Crippen molar-refractivity contribution in [2.75, 3.05) is 13.2 Å². The van der Waals surface area contributed by atoms with Crippen molar-refractivity contribution in [2.24, 2.45) is 5.14 Å². The van der Waals surface area contributed by atoms with Crippen LogP contribution in [0, 0.1) is 0 Å². The number of rotatable bonds is 4. The molecule has 1 atom stereocenters. The van der Waals surface area contributed by atoms with Gasteiger partial charge < -0.3 is 14.8 Å². The highest BCUT2D eigenvalue weighted by Crippen LogP contribution is 2.30. The number of para-hydroxylation sites is 2. The SMILES string of the molecule is NS(=O)(=O)c1ccsc1C(=O)NCC1COc2ccccc2O1. The molecule has 122 valence electrons. The first kappa shape index (κ1) is 15.8. The molecule has 0 saturated carbocycles. The van der Waals surface area contributed by atoms with E-state index in [9.17, 15) is 13.2 Å². The minimum absolute atomic E-state index is 0.0598. The van der Waals surface area contributed by atoms with E-state index in [1.165, 1.54) is 11.4 Å². The van der Waals surface area contributed by atoms with E-state index in [0.717, 1.165) is 11.3 Å². The normalized spacial score (nSPS) is 16.8. The Morgan fingerprint density at radius 3 is 2.78 bits per heavy atom. The zero-order chi connectivity index (χ0) is 16.4. The topological polar surface area (TPSA) is 108 Å². The summed E-state index contributed by atoms with van der Waals surface area (Å²) in [5.41, 5.74) is 0. The lowest BCUT2D eigenvalue weighted by Crippen LogP contribution is -2.40. The maximum atomic E-state index is 12.1. The lowest BCUT2D eigenvalue weighted by Gasteiger charge is -2.26. The summed E-state index contributed by atoms with van der Waals surface area (Å²) in [4.78, 5) is 12.0. The van der Waals surface area contributed by atoms with Gasteiger partial charge in [0, 0.05) is 0 Å². The van der Waals surface area contributed by atoms with Gasteiger partial charge in [0.25, 0.3) is 5.91 Å². The fourth-order valence-electron chi connectivity index (χ4n) is 2.14. The molecule has 0 radical (unpaired) electrons. The highest BCUT2D eigenvalue weighted by atomic mass is 32.2. The second-order valence-electron chi connectivity index (χ2n) is 4.87. The van der Waals surface area contributed by atoms with Gasteiger partial charge in [-0.2, -0.15) is 0 Å². The Morgan fingerprint density at radius 1 is 1.30 bits per heavy atom. The number of sulfonamides is 1. The summed E-state index contributed by atoms with van der Waals surface area (Å²) in [5.74, 6) is 0.760. The summed E-state index contributed by atoms with van der Waals surface area (Å²) < 4.78 is 34.1. The van der Waals surface area contributed by atoms with Gasteiger partial charge in [-0.15, -0.1) is 11.3 Å². The Kier molecular flexibility index (Phi) is 4.24. The Hall–Kier alpha value is -2.10. The van der Waals surface area contributed by atoms with Gasteiger partial charge in [0.05, 0.1) is 6.54 Å². The van der Waals surface area contributed by atoms with E-state index in [-0.39, 0.29) is 22.4 Å². The second kappa shape index (κ2) is 6.19. The van der Waals surface area contributed by atoms with Crippen LogP contribution >= 0.6 is 11.3 Å². The molecule has 7 nitrogen and oxygen atoms in total. The van der Waals surface area contributed by atoms with Crippen LogP contribution in [0.3, 0.4) is 0 Å². The summed E-state index contributed by atoms with van der Waals surface area (Å²) in [6, 6.07) is 8.56. The fourth-order valence-corrected chi connectivity index (χ4v) is 4.03. The number of ether oxygens (including phenoxy) is 2. The zero-order valence-corrected chi connectivity index (χ0v) is 13.5. The van der Waals surface area contributed by atoms with Crippen LogP contribution in [0.15, 0.2) is 40.6 Å². The predicted molar refractivity (Wildman–Crippen MR) is 84.4 cm³/mol. The standard InChI is InChI=1S/C14H14N2O5S2/c15-23(18,19)12-5-6-22-13(12)14(17)16-7-9-8-20-10-3-1-2-4-11(10)21-9/h1-6,9H,7-8H2,(H,16,17)(H2,15,18,19). The maximum absolute atomic E-state index is 12.1. The molecule has 2 aromatic rings. The van der Waals surface area contributed by atoms with Crippen LogP contribution in [0.4, 0.5) is 0 Å². The molecule has 1 aliphatic heterocycles. The van der Waals surface area contributed by atoms with Crippen molar-refractivity contribution in [2.45, 2.75) is 11.0 Å². The van der Waals surface area contributed by atoms with Crippen LogP contribution in [0.5, 0.6) is 11.5 Å². The molecule has 1 amide bonds. The Bertz CT molecular complexity index is 831. The summed E-state index contributed by atoms with van der Waals surface area (Å²) in [6.07, 6.45) is -0.355. The Labute approximate surface area is 137 Å². The number of hydrogen-bond acceptors (Lipinski definition) is 6. The molecule has 1 aromatic carbocycles. The smallest absolute Gasteiger partial charge is 0.262 e. The molecule has 1 unspecified atom stereocenters. The first-order valence-corrected chi connectivity index (χ1v) is 9.15. The number of benzene rings is 1. The molecule has 0 bridgehead atoms. The van der Waals surface area contributed by atoms with Gasteiger partial charge in [-0.25, -0.2) is 13.6 Å². The number of primary sulfonamides is 1. The summed E-state index contributed by atoms with van der Waals surface area (Å²) in [5, 5.41) is 9.24. The van der Waals surface area contributed by atoms with E-state index in [0.29, 0.717) is 18.1 Å². The largest absolute Gasteiger partial charge is 0.486 e. The third-order valence-electron chi connectivity index (χ3n) is 3.20. The lowest BCUT2D eigenvalue weighted by atomic mass is 10.2. The summed E-state index contributed by atoms with van der Waals surface area (Å²) >= 11 is 1.02. The quantitative estimate of drug-likeness (QED) is 0.850. The number of hydrogen-bond donors (Lipinski definition) is 2. The molecule has 0 saturated heterocycles. The van der Waals surface area contributed by atoms with Crippen molar-refractivity contribution < 1.29 is 22.7 Å². The summed E-state index contributed by atoms with van der Waals surface area (Å²) in [6.45, 7) is 0.485. The number of fused-ring (bicyclic) bond motifs is 1. The number of amides is 1. The number of carbonyl (C=O) groups is 1. The average Bonchev–Trinajstić information content (AvgIpc) is 3.02. The Balaban J connectivity index is 1.64. The first-order valence-electron chi connectivity index (χ1n) is 6.72. The predicted octanol–water partition coefficient (Wildman–Crippen LogP) is 0.965. The van der Waals surface area contributed by atoms with Gasteiger partial charge in [0.15, 0.2) is 11.5 Å². The number of nitrogens with two attached hydrogens (primary N) is 1. The van der Waals surface area contributed by atoms with Crippen LogP contribution in [0.2, 0.25) is 0 Å². The molecule has 23 heavy (non-hydrogen) atoms. The maximum Gasteiger partial charge on any atom is 0.262 e. The minimum atomic E-state index is -3.92. The molecular formula is C14H14N2O5S2. The van der Waals surface area contributed by atoms with E-state index in [1.54, 1.807) is 12.1 Å². The van der Waals surface area contributed by atoms with E-state index >= 15 is 0 Å². The highest BCUT2D eigenvalue weighted by molar-refractivity contribution is 7.89. The molecule has 0 spiro atoms. The van der Waals surface area contributed by atoms with Crippen LogP contribution in [-0.2, 0) is 10.0 Å². The lowest BCUT2D eigenvalue weighted by molar-refractivity contribution is 0.0790. The number of nitrogens with one attached hydrogen (secondary N) is 1. The molecule has 9 heteroatoms. The monoisotopic (exact) mass is 354 g/mol. The summed E-state index contributed by atoms with van der Waals surface area (Å²) in [7, 11) is -3.92. The van der Waals surface area contributed by atoms with Crippen molar-refractivity contribution in [3.8, 4) is 11.5 Å². The van der Waals surface area contributed by atoms with Gasteiger partial charge in [-0.05, 0) is 23.6 Å². The number of carbonyl (C=O) groups excluding carboxylic acids is 1. The molecule has 3 N–H and O–H groups in total. The second-order valence-corrected chi connectivity index (χ2v) is 7.31. The molecule has 0 fully saturated rings. The van der Waals surface area contributed by atoms with Crippen molar-refractivity contribution in [1.82, 2.24) is 5.32 Å². The van der Waals surface area contributed by atoms with Gasteiger partial charge in [0.2, 0.25) is 10.0 Å². The first-order chi connectivity index (χ1) is 10.9. The van der Waals surface area contributed by atoms with Crippen LogP contribution < -0.4 is 19.9 Å². The van der Waals surface area contributed by atoms with Crippen molar-refractivity contribution in [1.29, 1.82) is 0 Å². The van der Waals surface area contributed by atoms with Gasteiger partial charge in [-0.1, -0.05) is 12.1 Å². The third kappa shape index (κ3) is 3.46. The van der Waals surface area contributed by atoms with Crippen LogP contribution in [0.25, 0.3) is 0 Å². The molecule has 2 heterocycles. The Morgan fingerprint density at radius 2 is 2.04 bits per heavy atom. The van der Waals surface area contributed by atoms with E-state index < -0.39 is 15.9 Å². The molecule has 1 aromatic heterocycles. The number of thiophene rings is 1. The van der Waals surface area contributed by atoms with E-state index in [4.69, 9.17) is 14.6 Å². The minimum Gasteiger partial charge on any atom is -0.486 e. The van der Waals surface area contributed by atoms with Crippen LogP contribution in [-0.4, -0.2) is 33.6 Å². The van der Waals surface area contributed by atoms with Crippen molar-refractivity contribution >= 4 is 27.3 Å². The molecule has 0 aliphatic carbocycles. The van der Waals surface area contributed by atoms with Gasteiger partial charge in [-0.3, -0.25) is 4.79 Å². The highest BCUT2D eigenvalue weighted by Gasteiger charge is 2.24. The average molecular weight is 354 g/mol. The van der Waals surface area contributed by atoms with E-state index in [2.05, 4.69) is 5.32 Å². The molecule has 1 aliphatic rings. The molecule has 3 rings (SSSR count). The van der Waals surface area contributed by atoms with Crippen molar-refractivity contribution in [3.63, 3.8) is 0 Å². The van der Waals surface area contributed by atoms with Gasteiger partial charge in [0.1, 0.15) is 22.5 Å². The molecular weight excluding hydrogens is 340 g/mol.